The number of halogens is 1. The standard InChI is InChI=1S/C13H22NO.BrH/c1-2-13-8-7-10-14(12-13)9-5-3-4-6-11-15;/h7-8,10,12,15H,2-6,9,11H2,1H3;1H/q+1;/p-1. The Labute approximate surface area is 109 Å². The number of aryl methyl sites for hydroxylation is 2. The second-order valence-corrected chi connectivity index (χ2v) is 3.94. The predicted molar refractivity (Wildman–Crippen MR) is 61.6 cm³/mol. The fraction of sp³-hybridized carbons (Fsp3) is 0.615. The van der Waals surface area contributed by atoms with E-state index in [1.165, 1.54) is 18.4 Å². The fourth-order valence-electron chi connectivity index (χ4n) is 1.68. The summed E-state index contributed by atoms with van der Waals surface area (Å²) in [6.07, 6.45) is 9.97. The van der Waals surface area contributed by atoms with Crippen molar-refractivity contribution in [3.8, 4) is 0 Å². The molecular weight excluding hydrogens is 266 g/mol. The van der Waals surface area contributed by atoms with E-state index in [1.807, 2.05) is 0 Å². The molecule has 2 nitrogen and oxygen atoms in total. The topological polar surface area (TPSA) is 24.1 Å². The normalized spacial score (nSPS) is 9.88. The van der Waals surface area contributed by atoms with Crippen molar-refractivity contribution in [2.75, 3.05) is 6.61 Å². The van der Waals surface area contributed by atoms with Crippen molar-refractivity contribution in [1.29, 1.82) is 0 Å². The molecule has 1 aromatic heterocycles. The highest BCUT2D eigenvalue weighted by molar-refractivity contribution is 5.04. The number of aliphatic hydroxyl groups is 1. The van der Waals surface area contributed by atoms with Crippen LogP contribution in [0.25, 0.3) is 0 Å². The molecule has 0 spiro atoms. The van der Waals surface area contributed by atoms with E-state index < -0.39 is 0 Å². The van der Waals surface area contributed by atoms with Crippen LogP contribution in [0.15, 0.2) is 24.5 Å². The van der Waals surface area contributed by atoms with Crippen LogP contribution in [0.2, 0.25) is 0 Å². The molecule has 0 aliphatic carbocycles. The van der Waals surface area contributed by atoms with Crippen molar-refractivity contribution < 1.29 is 26.7 Å². The Hall–Kier alpha value is -0.410. The third-order valence-corrected chi connectivity index (χ3v) is 2.65. The summed E-state index contributed by atoms with van der Waals surface area (Å²) >= 11 is 0. The highest BCUT2D eigenvalue weighted by Gasteiger charge is 2.00. The summed E-state index contributed by atoms with van der Waals surface area (Å²) in [4.78, 5) is 0. The van der Waals surface area contributed by atoms with Crippen LogP contribution in [0, 0.1) is 0 Å². The first-order valence-electron chi connectivity index (χ1n) is 5.95. The average Bonchev–Trinajstić information content (AvgIpc) is 2.29. The van der Waals surface area contributed by atoms with Crippen LogP contribution in [0.3, 0.4) is 0 Å². The number of nitrogens with zero attached hydrogens (tertiary/aromatic N) is 1. The Kier molecular flexibility index (Phi) is 9.54. The van der Waals surface area contributed by atoms with Crippen molar-refractivity contribution in [2.45, 2.75) is 45.6 Å². The molecule has 0 saturated carbocycles. The van der Waals surface area contributed by atoms with E-state index in [0.717, 1.165) is 25.8 Å². The summed E-state index contributed by atoms with van der Waals surface area (Å²) < 4.78 is 2.26. The lowest BCUT2D eigenvalue weighted by atomic mass is 10.2. The first-order chi connectivity index (χ1) is 7.36. The zero-order valence-electron chi connectivity index (χ0n) is 10.0. The van der Waals surface area contributed by atoms with Gasteiger partial charge in [0, 0.05) is 24.7 Å². The highest BCUT2D eigenvalue weighted by Crippen LogP contribution is 2.00. The molecule has 0 aliphatic rings. The van der Waals surface area contributed by atoms with Crippen molar-refractivity contribution in [3.05, 3.63) is 30.1 Å². The molecule has 0 aromatic carbocycles. The van der Waals surface area contributed by atoms with E-state index >= 15 is 0 Å². The number of aromatic nitrogens is 1. The quantitative estimate of drug-likeness (QED) is 0.510. The van der Waals surface area contributed by atoms with Crippen molar-refractivity contribution >= 4 is 0 Å². The number of hydrogen-bond acceptors (Lipinski definition) is 1. The second-order valence-electron chi connectivity index (χ2n) is 3.94. The van der Waals surface area contributed by atoms with Crippen LogP contribution in [0.5, 0.6) is 0 Å². The molecule has 16 heavy (non-hydrogen) atoms. The van der Waals surface area contributed by atoms with Gasteiger partial charge in [0.2, 0.25) is 0 Å². The van der Waals surface area contributed by atoms with Gasteiger partial charge >= 0.3 is 0 Å². The summed E-state index contributed by atoms with van der Waals surface area (Å²) in [5.74, 6) is 0. The molecule has 0 bridgehead atoms. The summed E-state index contributed by atoms with van der Waals surface area (Å²) in [5, 5.41) is 8.65. The molecule has 0 saturated heterocycles. The van der Waals surface area contributed by atoms with Crippen LogP contribution >= 0.6 is 0 Å². The molecule has 3 heteroatoms. The number of unbranched alkanes of at least 4 members (excludes halogenated alkanes) is 3. The Morgan fingerprint density at radius 2 is 1.94 bits per heavy atom. The minimum Gasteiger partial charge on any atom is -1.00 e. The predicted octanol–water partition coefficient (Wildman–Crippen LogP) is -0.907. The summed E-state index contributed by atoms with van der Waals surface area (Å²) in [5.41, 5.74) is 1.40. The molecule has 1 aromatic rings. The molecule has 0 amide bonds. The lowest BCUT2D eigenvalue weighted by molar-refractivity contribution is -0.697. The van der Waals surface area contributed by atoms with Crippen molar-refractivity contribution in [1.82, 2.24) is 0 Å². The smallest absolute Gasteiger partial charge is 0.171 e. The van der Waals surface area contributed by atoms with Gasteiger partial charge in [0.1, 0.15) is 6.54 Å². The van der Waals surface area contributed by atoms with Crippen LogP contribution < -0.4 is 21.5 Å². The van der Waals surface area contributed by atoms with Gasteiger partial charge in [-0.1, -0.05) is 13.3 Å². The monoisotopic (exact) mass is 287 g/mol. The number of rotatable bonds is 7. The minimum absolute atomic E-state index is 0. The molecule has 0 fully saturated rings. The Morgan fingerprint density at radius 1 is 1.19 bits per heavy atom. The van der Waals surface area contributed by atoms with Crippen LogP contribution in [-0.2, 0) is 13.0 Å². The van der Waals surface area contributed by atoms with Gasteiger partial charge in [-0.25, -0.2) is 4.57 Å². The van der Waals surface area contributed by atoms with E-state index in [4.69, 9.17) is 5.11 Å². The van der Waals surface area contributed by atoms with Gasteiger partial charge in [0.15, 0.2) is 12.4 Å². The molecule has 1 rings (SSSR count). The van der Waals surface area contributed by atoms with Crippen LogP contribution in [0.1, 0.15) is 38.2 Å². The van der Waals surface area contributed by atoms with Gasteiger partial charge in [0.25, 0.3) is 0 Å². The minimum atomic E-state index is 0. The summed E-state index contributed by atoms with van der Waals surface area (Å²) in [6.45, 7) is 3.61. The maximum absolute atomic E-state index is 8.65. The van der Waals surface area contributed by atoms with Crippen molar-refractivity contribution in [3.63, 3.8) is 0 Å². The summed E-state index contributed by atoms with van der Waals surface area (Å²) in [7, 11) is 0. The Balaban J connectivity index is 0.00000225. The first kappa shape index (κ1) is 15.6. The van der Waals surface area contributed by atoms with Gasteiger partial charge in [-0.15, -0.1) is 0 Å². The van der Waals surface area contributed by atoms with Crippen LogP contribution in [0.4, 0.5) is 0 Å². The fourth-order valence-corrected chi connectivity index (χ4v) is 1.68. The molecule has 1 heterocycles. The average molecular weight is 288 g/mol. The lowest BCUT2D eigenvalue weighted by Gasteiger charge is -1.99. The van der Waals surface area contributed by atoms with E-state index in [2.05, 4.69) is 36.0 Å². The number of hydrogen-bond donors (Lipinski definition) is 1. The first-order valence-corrected chi connectivity index (χ1v) is 5.95. The van der Waals surface area contributed by atoms with Gasteiger partial charge in [-0.3, -0.25) is 0 Å². The van der Waals surface area contributed by atoms with E-state index in [-0.39, 0.29) is 17.0 Å². The lowest BCUT2D eigenvalue weighted by Crippen LogP contribution is -3.00. The van der Waals surface area contributed by atoms with E-state index in [9.17, 15) is 0 Å². The van der Waals surface area contributed by atoms with Gasteiger partial charge in [0.05, 0.1) is 0 Å². The molecule has 0 radical (unpaired) electrons. The molecule has 1 N–H and O–H groups in total. The molecule has 92 valence electrons. The number of pyridine rings is 1. The second kappa shape index (κ2) is 9.79. The summed E-state index contributed by atoms with van der Waals surface area (Å²) in [6, 6.07) is 4.29. The van der Waals surface area contributed by atoms with Gasteiger partial charge < -0.3 is 22.1 Å². The molecule has 0 unspecified atom stereocenters. The maximum Gasteiger partial charge on any atom is 0.171 e. The zero-order chi connectivity index (χ0) is 10.9. The zero-order valence-corrected chi connectivity index (χ0v) is 11.6. The van der Waals surface area contributed by atoms with Crippen molar-refractivity contribution in [2.24, 2.45) is 0 Å². The van der Waals surface area contributed by atoms with Crippen LogP contribution in [-0.4, -0.2) is 11.7 Å². The van der Waals surface area contributed by atoms with E-state index in [0.29, 0.717) is 6.61 Å². The van der Waals surface area contributed by atoms with Gasteiger partial charge in [-0.2, -0.15) is 0 Å². The largest absolute Gasteiger partial charge is 1.00 e. The third kappa shape index (κ3) is 6.23. The third-order valence-electron chi connectivity index (χ3n) is 2.65. The maximum atomic E-state index is 8.65. The Morgan fingerprint density at radius 3 is 2.62 bits per heavy atom. The Bertz CT molecular complexity index is 278. The molecular formula is C13H22BrNO. The molecule has 0 aliphatic heterocycles. The highest BCUT2D eigenvalue weighted by atomic mass is 79.9. The SMILES string of the molecule is CCc1ccc[n+](CCCCCCO)c1.[Br-]. The number of aliphatic hydroxyl groups excluding tert-OH is 1. The van der Waals surface area contributed by atoms with E-state index in [1.54, 1.807) is 0 Å². The molecule has 0 atom stereocenters. The van der Waals surface area contributed by atoms with Gasteiger partial charge in [-0.05, 0) is 25.3 Å².